The summed E-state index contributed by atoms with van der Waals surface area (Å²) in [6.45, 7) is 4.38. The van der Waals surface area contributed by atoms with Crippen molar-refractivity contribution in [2.45, 2.75) is 45.1 Å². The number of halogens is 2. The van der Waals surface area contributed by atoms with E-state index in [4.69, 9.17) is 0 Å². The van der Waals surface area contributed by atoms with E-state index in [2.05, 4.69) is 25.5 Å². The van der Waals surface area contributed by atoms with Gasteiger partial charge in [0.15, 0.2) is 5.65 Å². The second-order valence-corrected chi connectivity index (χ2v) is 9.80. The lowest BCUT2D eigenvalue weighted by atomic mass is 10.1. The minimum Gasteiger partial charge on any atom is -0.368 e. The van der Waals surface area contributed by atoms with E-state index in [-0.39, 0.29) is 37.9 Å². The van der Waals surface area contributed by atoms with Crippen LogP contribution in [0.25, 0.3) is 16.2 Å². The molecule has 1 saturated heterocycles. The van der Waals surface area contributed by atoms with Crippen molar-refractivity contribution in [3.63, 3.8) is 0 Å². The van der Waals surface area contributed by atoms with Crippen LogP contribution in [0.2, 0.25) is 0 Å². The number of nitrogens with zero attached hydrogens (tertiary/aromatic N) is 5. The molecule has 0 unspecified atom stereocenters. The van der Waals surface area contributed by atoms with E-state index >= 15 is 0 Å². The normalized spacial score (nSPS) is 16.6. The zero-order valence-corrected chi connectivity index (χ0v) is 19.7. The molecule has 0 aliphatic carbocycles. The Morgan fingerprint density at radius 3 is 2.74 bits per heavy atom. The SMILES string of the molecule is CC[C@H](NC(=O)c1cc(N2CCC(F)(F)CC2)c2ncc(-c3ccc(C)s3)n2c1)c1ncn[nH]1. The number of thiophene rings is 1. The lowest BCUT2D eigenvalue weighted by molar-refractivity contribution is -0.0220. The lowest BCUT2D eigenvalue weighted by Crippen LogP contribution is -2.39. The van der Waals surface area contributed by atoms with Gasteiger partial charge in [-0.25, -0.2) is 18.7 Å². The molecule has 34 heavy (non-hydrogen) atoms. The molecule has 5 heterocycles. The first-order valence-electron chi connectivity index (χ1n) is 11.2. The average Bonchev–Trinajstić information content (AvgIpc) is 3.57. The van der Waals surface area contributed by atoms with Gasteiger partial charge in [-0.2, -0.15) is 5.10 Å². The van der Waals surface area contributed by atoms with Crippen LogP contribution in [-0.4, -0.2) is 49.5 Å². The quantitative estimate of drug-likeness (QED) is 0.416. The van der Waals surface area contributed by atoms with Gasteiger partial charge in [-0.1, -0.05) is 6.92 Å². The summed E-state index contributed by atoms with van der Waals surface area (Å²) in [6.07, 6.45) is 5.11. The Morgan fingerprint density at radius 2 is 2.09 bits per heavy atom. The predicted molar refractivity (Wildman–Crippen MR) is 127 cm³/mol. The number of aromatic nitrogens is 5. The number of pyridine rings is 1. The second kappa shape index (κ2) is 8.79. The number of hydrogen-bond acceptors (Lipinski definition) is 6. The number of fused-ring (bicyclic) bond motifs is 1. The Balaban J connectivity index is 1.56. The third-order valence-corrected chi connectivity index (χ3v) is 7.18. The molecule has 0 radical (unpaired) electrons. The maximum atomic E-state index is 13.8. The van der Waals surface area contributed by atoms with Crippen LogP contribution >= 0.6 is 11.3 Å². The number of piperidine rings is 1. The summed E-state index contributed by atoms with van der Waals surface area (Å²) < 4.78 is 29.6. The molecular weight excluding hydrogens is 460 g/mol. The van der Waals surface area contributed by atoms with Crippen LogP contribution in [0.1, 0.15) is 53.3 Å². The topological polar surface area (TPSA) is 91.2 Å². The molecular formula is C23H25F2N7OS. The third-order valence-electron chi connectivity index (χ3n) is 6.15. The molecule has 2 N–H and O–H groups in total. The van der Waals surface area contributed by atoms with Crippen LogP contribution in [0.4, 0.5) is 14.5 Å². The first-order chi connectivity index (χ1) is 16.3. The van der Waals surface area contributed by atoms with Gasteiger partial charge in [0.25, 0.3) is 11.8 Å². The summed E-state index contributed by atoms with van der Waals surface area (Å²) in [6, 6.07) is 5.48. The number of amides is 1. The molecule has 4 aromatic heterocycles. The minimum atomic E-state index is -2.66. The van der Waals surface area contributed by atoms with Gasteiger partial charge in [0.2, 0.25) is 0 Å². The van der Waals surface area contributed by atoms with Crippen LogP contribution in [0.3, 0.4) is 0 Å². The zero-order chi connectivity index (χ0) is 23.9. The fourth-order valence-electron chi connectivity index (χ4n) is 4.24. The Kier molecular flexibility index (Phi) is 5.80. The maximum Gasteiger partial charge on any atom is 0.253 e. The molecule has 1 amide bonds. The number of alkyl halides is 2. The molecule has 0 aromatic carbocycles. The van der Waals surface area contributed by atoms with E-state index in [1.165, 1.54) is 6.33 Å². The van der Waals surface area contributed by atoms with Crippen molar-refractivity contribution in [3.8, 4) is 10.6 Å². The first kappa shape index (κ1) is 22.5. The van der Waals surface area contributed by atoms with E-state index in [0.717, 1.165) is 15.4 Å². The number of rotatable bonds is 6. The van der Waals surface area contributed by atoms with E-state index in [1.54, 1.807) is 29.8 Å². The second-order valence-electron chi connectivity index (χ2n) is 8.51. The van der Waals surface area contributed by atoms with Crippen LogP contribution in [0.15, 0.2) is 36.9 Å². The van der Waals surface area contributed by atoms with Crippen molar-refractivity contribution >= 4 is 28.6 Å². The number of carbonyl (C=O) groups excluding carboxylic acids is 1. The highest BCUT2D eigenvalue weighted by Crippen LogP contribution is 2.35. The average molecular weight is 486 g/mol. The molecule has 178 valence electrons. The first-order valence-corrected chi connectivity index (χ1v) is 12.0. The summed E-state index contributed by atoms with van der Waals surface area (Å²) in [5, 5.41) is 9.68. The van der Waals surface area contributed by atoms with Crippen molar-refractivity contribution in [2.24, 2.45) is 0 Å². The van der Waals surface area contributed by atoms with Gasteiger partial charge < -0.3 is 10.2 Å². The van der Waals surface area contributed by atoms with Crippen LogP contribution in [-0.2, 0) is 0 Å². The number of anilines is 1. The standard InChI is InChI=1S/C23H25F2N7OS/c1-3-16(20-27-13-28-30-20)29-22(33)15-10-17(31-8-6-23(24,25)7-9-31)21-26-11-18(32(21)12-15)19-5-4-14(2)34-19/h4-5,10-13,16H,3,6-9H2,1-2H3,(H,29,33)(H,27,28,30)/t16-/m0/s1. The molecule has 0 saturated carbocycles. The Bertz CT molecular complexity index is 1300. The molecule has 0 spiro atoms. The van der Waals surface area contributed by atoms with Gasteiger partial charge in [-0.3, -0.25) is 14.3 Å². The fourth-order valence-corrected chi connectivity index (χ4v) is 5.12. The minimum absolute atomic E-state index is 0.198. The van der Waals surface area contributed by atoms with Gasteiger partial charge >= 0.3 is 0 Å². The van der Waals surface area contributed by atoms with E-state index in [1.807, 2.05) is 35.3 Å². The number of hydrogen-bond donors (Lipinski definition) is 2. The molecule has 1 aliphatic heterocycles. The number of imidazole rings is 1. The summed E-state index contributed by atoms with van der Waals surface area (Å²) in [7, 11) is 0. The highest BCUT2D eigenvalue weighted by Gasteiger charge is 2.35. The van der Waals surface area contributed by atoms with Gasteiger partial charge in [0.1, 0.15) is 12.2 Å². The van der Waals surface area contributed by atoms with Gasteiger partial charge in [-0.15, -0.1) is 11.3 Å². The number of nitrogens with one attached hydrogen (secondary N) is 2. The van der Waals surface area contributed by atoms with Gasteiger partial charge in [-0.05, 0) is 31.5 Å². The van der Waals surface area contributed by atoms with Crippen LogP contribution < -0.4 is 10.2 Å². The van der Waals surface area contributed by atoms with Crippen molar-refractivity contribution in [1.29, 1.82) is 0 Å². The van der Waals surface area contributed by atoms with Crippen molar-refractivity contribution < 1.29 is 13.6 Å². The van der Waals surface area contributed by atoms with E-state index < -0.39 is 5.92 Å². The molecule has 5 rings (SSSR count). The third kappa shape index (κ3) is 4.27. The smallest absolute Gasteiger partial charge is 0.253 e. The molecule has 4 aromatic rings. The monoisotopic (exact) mass is 485 g/mol. The van der Waals surface area contributed by atoms with Crippen molar-refractivity contribution in [3.05, 3.63) is 53.2 Å². The zero-order valence-electron chi connectivity index (χ0n) is 18.9. The summed E-state index contributed by atoms with van der Waals surface area (Å²) in [4.78, 5) is 26.2. The number of aromatic amines is 1. The maximum absolute atomic E-state index is 13.8. The Morgan fingerprint density at radius 1 is 1.29 bits per heavy atom. The van der Waals surface area contributed by atoms with Crippen molar-refractivity contribution in [1.82, 2.24) is 29.9 Å². The molecule has 1 fully saturated rings. The predicted octanol–water partition coefficient (Wildman–Crippen LogP) is 4.61. The fraction of sp³-hybridized carbons (Fsp3) is 0.391. The van der Waals surface area contributed by atoms with Crippen LogP contribution in [0.5, 0.6) is 0 Å². The molecule has 1 aliphatic rings. The largest absolute Gasteiger partial charge is 0.368 e. The Hall–Kier alpha value is -3.34. The summed E-state index contributed by atoms with van der Waals surface area (Å²) >= 11 is 1.63. The number of aryl methyl sites for hydroxylation is 1. The Labute approximate surface area is 199 Å². The van der Waals surface area contributed by atoms with E-state index in [9.17, 15) is 13.6 Å². The molecule has 8 nitrogen and oxygen atoms in total. The summed E-state index contributed by atoms with van der Waals surface area (Å²) in [5.74, 6) is -2.37. The summed E-state index contributed by atoms with van der Waals surface area (Å²) in [5.41, 5.74) is 2.60. The molecule has 11 heteroatoms. The highest BCUT2D eigenvalue weighted by atomic mass is 32.1. The van der Waals surface area contributed by atoms with E-state index in [0.29, 0.717) is 29.1 Å². The van der Waals surface area contributed by atoms with Crippen molar-refractivity contribution in [2.75, 3.05) is 18.0 Å². The molecule has 1 atom stereocenters. The lowest BCUT2D eigenvalue weighted by Gasteiger charge is -2.33. The van der Waals surface area contributed by atoms with Crippen LogP contribution in [0, 0.1) is 6.92 Å². The number of carbonyl (C=O) groups is 1. The van der Waals surface area contributed by atoms with Gasteiger partial charge in [0.05, 0.1) is 34.1 Å². The number of H-pyrrole nitrogens is 1. The highest BCUT2D eigenvalue weighted by molar-refractivity contribution is 7.15. The molecule has 0 bridgehead atoms. The van der Waals surface area contributed by atoms with Gasteiger partial charge in [0, 0.05) is 37.0 Å².